The van der Waals surface area contributed by atoms with Crippen molar-refractivity contribution in [2.24, 2.45) is 0 Å². The Morgan fingerprint density at radius 1 is 1.10 bits per heavy atom. The lowest BCUT2D eigenvalue weighted by Crippen LogP contribution is -2.19. The van der Waals surface area contributed by atoms with E-state index < -0.39 is 0 Å². The number of fused-ring (bicyclic) bond motifs is 3. The summed E-state index contributed by atoms with van der Waals surface area (Å²) in [4.78, 5) is 12.2. The summed E-state index contributed by atoms with van der Waals surface area (Å²) >= 11 is 4.84. The normalized spacial score (nSPS) is 11.4. The second-order valence-electron chi connectivity index (χ2n) is 6.42. The van der Waals surface area contributed by atoms with Crippen LogP contribution in [0, 0.1) is 0 Å². The summed E-state index contributed by atoms with van der Waals surface area (Å²) in [5.74, 6) is 0.812. The number of halogens is 1. The van der Waals surface area contributed by atoms with Gasteiger partial charge in [-0.1, -0.05) is 50.1 Å². The lowest BCUT2D eigenvalue weighted by Gasteiger charge is -2.04. The Labute approximate surface area is 182 Å². The Kier molecular flexibility index (Phi) is 4.97. The lowest BCUT2D eigenvalue weighted by molar-refractivity contribution is -0.116. The maximum Gasteiger partial charge on any atom is 0.328 e. The molecule has 150 valence electrons. The van der Waals surface area contributed by atoms with E-state index in [1.54, 1.807) is 6.20 Å². The van der Waals surface area contributed by atoms with Crippen molar-refractivity contribution in [2.45, 2.75) is 17.5 Å². The second-order valence-corrected chi connectivity index (χ2v) is 8.28. The Hall–Kier alpha value is -3.18. The molecule has 11 heteroatoms. The largest absolute Gasteiger partial charge is 0.422 e. The number of nitrogens with zero attached hydrogens (tertiary/aromatic N) is 6. The fourth-order valence-electron chi connectivity index (χ4n) is 2.95. The molecule has 0 aliphatic heterocycles. The molecule has 0 atom stereocenters. The van der Waals surface area contributed by atoms with Gasteiger partial charge in [-0.3, -0.25) is 4.79 Å². The number of amides is 1. The fourth-order valence-corrected chi connectivity index (χ4v) is 4.03. The third kappa shape index (κ3) is 3.81. The number of hydrogen-bond donors (Lipinski definition) is 1. The third-order valence-corrected chi connectivity index (χ3v) is 5.77. The van der Waals surface area contributed by atoms with Gasteiger partial charge >= 0.3 is 5.84 Å². The number of benzene rings is 2. The monoisotopic (exact) mass is 483 g/mol. The smallest absolute Gasteiger partial charge is 0.328 e. The van der Waals surface area contributed by atoms with Crippen LogP contribution in [-0.4, -0.2) is 35.5 Å². The molecule has 5 rings (SSSR count). The van der Waals surface area contributed by atoms with Crippen LogP contribution >= 0.6 is 27.7 Å². The number of anilines is 1. The topological polar surface area (TPSA) is 103 Å². The van der Waals surface area contributed by atoms with Gasteiger partial charge in [0.2, 0.25) is 5.91 Å². The highest BCUT2D eigenvalue weighted by atomic mass is 79.9. The van der Waals surface area contributed by atoms with Crippen molar-refractivity contribution >= 4 is 56.2 Å². The molecule has 0 aliphatic rings. The molecule has 3 heterocycles. The van der Waals surface area contributed by atoms with Gasteiger partial charge in [-0.05, 0) is 36.4 Å². The van der Waals surface area contributed by atoms with Crippen LogP contribution in [0.5, 0.6) is 0 Å². The summed E-state index contributed by atoms with van der Waals surface area (Å²) in [5, 5.41) is 20.0. The summed E-state index contributed by atoms with van der Waals surface area (Å²) < 4.78 is 10.0. The number of para-hydroxylation sites is 2. The summed E-state index contributed by atoms with van der Waals surface area (Å²) in [6.07, 6.45) is 1.75. The third-order valence-electron chi connectivity index (χ3n) is 4.28. The van der Waals surface area contributed by atoms with Gasteiger partial charge in [0.1, 0.15) is 6.54 Å². The van der Waals surface area contributed by atoms with E-state index in [0.717, 1.165) is 27.0 Å². The highest BCUT2D eigenvalue weighted by molar-refractivity contribution is 9.10. The number of carbonyl (C=O) groups is 1. The molecule has 1 N–H and O–H groups in total. The van der Waals surface area contributed by atoms with Crippen LogP contribution in [0.1, 0.15) is 5.69 Å². The average molecular weight is 484 g/mol. The van der Waals surface area contributed by atoms with Crippen molar-refractivity contribution in [3.05, 3.63) is 64.9 Å². The molecular formula is C19H14BrN7O2S. The molecule has 0 saturated heterocycles. The SMILES string of the molecule is O=C(Cn1cc(CSc2nnc3oc4ccccc4n23)nn1)Nc1ccc(Br)cc1. The minimum Gasteiger partial charge on any atom is -0.422 e. The van der Waals surface area contributed by atoms with Crippen LogP contribution < -0.4 is 5.32 Å². The lowest BCUT2D eigenvalue weighted by atomic mass is 10.3. The molecule has 0 unspecified atom stereocenters. The van der Waals surface area contributed by atoms with Crippen molar-refractivity contribution in [2.75, 3.05) is 5.32 Å². The van der Waals surface area contributed by atoms with E-state index in [1.165, 1.54) is 16.4 Å². The van der Waals surface area contributed by atoms with Crippen LogP contribution in [-0.2, 0) is 17.1 Å². The number of hydrogen-bond acceptors (Lipinski definition) is 7. The van der Waals surface area contributed by atoms with Crippen molar-refractivity contribution in [1.82, 2.24) is 29.6 Å². The first kappa shape index (κ1) is 18.8. The average Bonchev–Trinajstić information content (AvgIpc) is 3.43. The van der Waals surface area contributed by atoms with E-state index in [9.17, 15) is 4.79 Å². The molecule has 0 fully saturated rings. The zero-order chi connectivity index (χ0) is 20.5. The van der Waals surface area contributed by atoms with Gasteiger partial charge in [0.05, 0.1) is 11.2 Å². The van der Waals surface area contributed by atoms with Gasteiger partial charge in [-0.2, -0.15) is 0 Å². The first-order valence-corrected chi connectivity index (χ1v) is 10.7. The van der Waals surface area contributed by atoms with Crippen LogP contribution in [0.4, 0.5) is 5.69 Å². The number of rotatable bonds is 6. The standard InChI is InChI=1S/C19H14BrN7O2S/c20-12-5-7-13(8-6-12)21-17(28)10-26-9-14(22-25-26)11-30-19-24-23-18-27(19)15-3-1-2-4-16(15)29-18/h1-9H,10-11H2,(H,21,28). The van der Waals surface area contributed by atoms with Gasteiger partial charge in [0, 0.05) is 22.1 Å². The molecule has 0 bridgehead atoms. The molecule has 0 saturated carbocycles. The number of carbonyl (C=O) groups excluding carboxylic acids is 1. The van der Waals surface area contributed by atoms with E-state index in [4.69, 9.17) is 4.42 Å². The second kappa shape index (κ2) is 7.92. The van der Waals surface area contributed by atoms with Crippen LogP contribution in [0.3, 0.4) is 0 Å². The first-order chi connectivity index (χ1) is 14.7. The molecule has 3 aromatic heterocycles. The minimum absolute atomic E-state index is 0.0786. The van der Waals surface area contributed by atoms with Gasteiger partial charge in [-0.25, -0.2) is 9.08 Å². The molecule has 1 amide bonds. The van der Waals surface area contributed by atoms with E-state index in [1.807, 2.05) is 52.9 Å². The Balaban J connectivity index is 1.24. The highest BCUT2D eigenvalue weighted by Crippen LogP contribution is 2.26. The summed E-state index contributed by atoms with van der Waals surface area (Å²) in [5.41, 5.74) is 3.13. The van der Waals surface area contributed by atoms with Gasteiger partial charge in [-0.15, -0.1) is 10.2 Å². The Morgan fingerprint density at radius 3 is 2.80 bits per heavy atom. The molecule has 2 aromatic carbocycles. The molecule has 5 aromatic rings. The van der Waals surface area contributed by atoms with E-state index >= 15 is 0 Å². The van der Waals surface area contributed by atoms with Crippen LogP contribution in [0.15, 0.2) is 68.8 Å². The zero-order valence-corrected chi connectivity index (χ0v) is 17.8. The predicted octanol–water partition coefficient (Wildman–Crippen LogP) is 3.76. The Bertz CT molecular complexity index is 1340. The molecule has 0 spiro atoms. The molecular weight excluding hydrogens is 470 g/mol. The number of aromatic nitrogens is 6. The summed E-state index contributed by atoms with van der Waals surface area (Å²) in [7, 11) is 0. The van der Waals surface area contributed by atoms with Crippen molar-refractivity contribution in [3.8, 4) is 0 Å². The van der Waals surface area contributed by atoms with Crippen LogP contribution in [0.25, 0.3) is 16.9 Å². The Morgan fingerprint density at radius 2 is 1.93 bits per heavy atom. The van der Waals surface area contributed by atoms with Crippen LogP contribution in [0.2, 0.25) is 0 Å². The maximum absolute atomic E-state index is 12.2. The number of thioether (sulfide) groups is 1. The van der Waals surface area contributed by atoms with E-state index in [0.29, 0.717) is 16.8 Å². The number of nitrogens with one attached hydrogen (secondary N) is 1. The van der Waals surface area contributed by atoms with Gasteiger partial charge < -0.3 is 9.73 Å². The molecule has 9 nitrogen and oxygen atoms in total. The maximum atomic E-state index is 12.2. The van der Waals surface area contributed by atoms with Gasteiger partial charge in [0.15, 0.2) is 10.7 Å². The molecule has 0 aliphatic carbocycles. The van der Waals surface area contributed by atoms with Crippen molar-refractivity contribution < 1.29 is 9.21 Å². The first-order valence-electron chi connectivity index (χ1n) is 8.95. The van der Waals surface area contributed by atoms with E-state index in [-0.39, 0.29) is 12.5 Å². The minimum atomic E-state index is -0.176. The quantitative estimate of drug-likeness (QED) is 0.366. The number of oxazole rings is 1. The zero-order valence-electron chi connectivity index (χ0n) is 15.4. The molecule has 0 radical (unpaired) electrons. The van der Waals surface area contributed by atoms with Crippen molar-refractivity contribution in [3.63, 3.8) is 0 Å². The predicted molar refractivity (Wildman–Crippen MR) is 115 cm³/mol. The highest BCUT2D eigenvalue weighted by Gasteiger charge is 2.15. The summed E-state index contributed by atoms with van der Waals surface area (Å²) in [6, 6.07) is 15.1. The van der Waals surface area contributed by atoms with Crippen molar-refractivity contribution in [1.29, 1.82) is 0 Å². The van der Waals surface area contributed by atoms with E-state index in [2.05, 4.69) is 41.8 Å². The molecule has 30 heavy (non-hydrogen) atoms. The fraction of sp³-hybridized carbons (Fsp3) is 0.105. The van der Waals surface area contributed by atoms with Gasteiger partial charge in [0.25, 0.3) is 0 Å². The summed E-state index contributed by atoms with van der Waals surface area (Å²) in [6.45, 7) is 0.0786.